The molecule has 1 aromatic carbocycles. The summed E-state index contributed by atoms with van der Waals surface area (Å²) in [5, 5.41) is 16.1. The number of aliphatic hydroxyl groups excluding tert-OH is 2. The van der Waals surface area contributed by atoms with Crippen LogP contribution in [0.5, 0.6) is 5.75 Å². The van der Waals surface area contributed by atoms with E-state index in [-0.39, 0.29) is 30.2 Å². The molecule has 2 heterocycles. The summed E-state index contributed by atoms with van der Waals surface area (Å²) in [6.07, 6.45) is -2.59. The number of aromatic nitrogens is 3. The molecule has 0 saturated carbocycles. The predicted molar refractivity (Wildman–Crippen MR) is 109 cm³/mol. The van der Waals surface area contributed by atoms with Crippen molar-refractivity contribution in [1.29, 1.82) is 0 Å². The summed E-state index contributed by atoms with van der Waals surface area (Å²) in [5.41, 5.74) is 2.28. The molecule has 0 aliphatic heterocycles. The van der Waals surface area contributed by atoms with E-state index in [1.165, 1.54) is 12.3 Å². The van der Waals surface area contributed by atoms with Gasteiger partial charge >= 0.3 is 6.18 Å². The molecule has 172 valence electrons. The highest BCUT2D eigenvalue weighted by Crippen LogP contribution is 2.24. The van der Waals surface area contributed by atoms with Gasteiger partial charge in [-0.2, -0.15) is 13.2 Å². The van der Waals surface area contributed by atoms with Gasteiger partial charge in [0.15, 0.2) is 11.8 Å². The Labute approximate surface area is 178 Å². The second-order valence-electron chi connectivity index (χ2n) is 6.13. The van der Waals surface area contributed by atoms with E-state index in [1.54, 1.807) is 13.0 Å². The molecule has 0 spiro atoms. The number of nitrogens with one attached hydrogen (secondary N) is 1. The minimum Gasteiger partial charge on any atom is -0.484 e. The fourth-order valence-electron chi connectivity index (χ4n) is 2.32. The molecule has 0 unspecified atom stereocenters. The molecule has 0 bridgehead atoms. The van der Waals surface area contributed by atoms with Gasteiger partial charge in [0.25, 0.3) is 0 Å². The Morgan fingerprint density at radius 1 is 1.16 bits per heavy atom. The van der Waals surface area contributed by atoms with Gasteiger partial charge in [0.2, 0.25) is 0 Å². The number of halogens is 3. The van der Waals surface area contributed by atoms with Crippen LogP contribution in [-0.4, -0.2) is 60.8 Å². The van der Waals surface area contributed by atoms with Crippen molar-refractivity contribution in [3.63, 3.8) is 0 Å². The Balaban J connectivity index is 0.000000721. The highest BCUT2D eigenvalue weighted by atomic mass is 32.2. The van der Waals surface area contributed by atoms with Gasteiger partial charge in [-0.1, -0.05) is 12.1 Å². The summed E-state index contributed by atoms with van der Waals surface area (Å²) >= 11 is 0. The second-order valence-corrected chi connectivity index (χ2v) is 7.50. The van der Waals surface area contributed by atoms with Crippen LogP contribution in [0.1, 0.15) is 17.7 Å². The fraction of sp³-hybridized carbons (Fsp3) is 0.368. The number of hydrogen-bond donors (Lipinski definition) is 3. The number of para-hydroxylation sites is 2. The summed E-state index contributed by atoms with van der Waals surface area (Å²) < 4.78 is 54.2. The van der Waals surface area contributed by atoms with Crippen molar-refractivity contribution >= 4 is 21.8 Å². The number of fused-ring (bicyclic) bond motifs is 1. The van der Waals surface area contributed by atoms with Crippen LogP contribution in [0.4, 0.5) is 13.2 Å². The van der Waals surface area contributed by atoms with Crippen LogP contribution in [-0.2, 0) is 16.6 Å². The largest absolute Gasteiger partial charge is 0.484 e. The van der Waals surface area contributed by atoms with Gasteiger partial charge in [-0.05, 0) is 31.5 Å². The first-order chi connectivity index (χ1) is 14.2. The molecule has 12 heteroatoms. The average molecular weight is 463 g/mol. The molecule has 1 atom stereocenters. The maximum atomic E-state index is 12.5. The van der Waals surface area contributed by atoms with Gasteiger partial charge in [-0.15, -0.1) is 0 Å². The minimum atomic E-state index is -4.42. The highest BCUT2D eigenvalue weighted by Gasteiger charge is 2.29. The van der Waals surface area contributed by atoms with Gasteiger partial charge in [-0.3, -0.25) is 9.19 Å². The van der Waals surface area contributed by atoms with Crippen molar-refractivity contribution in [3.8, 4) is 5.75 Å². The highest BCUT2D eigenvalue weighted by molar-refractivity contribution is 7.84. The number of alkyl halides is 3. The van der Waals surface area contributed by atoms with Crippen molar-refractivity contribution in [2.24, 2.45) is 0 Å². The Morgan fingerprint density at radius 3 is 2.42 bits per heavy atom. The molecule has 3 rings (SSSR count). The number of hydrogen-bond acceptors (Lipinski definition) is 6. The molecule has 5 N–H and O–H groups in total. The van der Waals surface area contributed by atoms with Crippen molar-refractivity contribution in [1.82, 2.24) is 15.0 Å². The number of aliphatic hydroxyl groups is 2. The SMILES string of the molecule is Cc1c(OCC(F)(F)F)ccnc1C[S@@](=O)c1nc2ccccc2[nH]1.O.OCCCO. The van der Waals surface area contributed by atoms with Crippen molar-refractivity contribution < 1.29 is 37.8 Å². The molecule has 2 aromatic heterocycles. The van der Waals surface area contributed by atoms with E-state index in [1.807, 2.05) is 18.2 Å². The van der Waals surface area contributed by atoms with Gasteiger partial charge in [0, 0.05) is 25.0 Å². The third-order valence-electron chi connectivity index (χ3n) is 3.82. The summed E-state index contributed by atoms with van der Waals surface area (Å²) in [6, 6.07) is 8.62. The topological polar surface area (TPSA) is 140 Å². The smallest absolute Gasteiger partial charge is 0.422 e. The van der Waals surface area contributed by atoms with E-state index >= 15 is 0 Å². The number of aromatic amines is 1. The molecule has 8 nitrogen and oxygen atoms in total. The summed E-state index contributed by atoms with van der Waals surface area (Å²) in [4.78, 5) is 11.3. The maximum absolute atomic E-state index is 12.5. The van der Waals surface area contributed by atoms with Crippen LogP contribution in [0.3, 0.4) is 0 Å². The minimum absolute atomic E-state index is 0. The van der Waals surface area contributed by atoms with Crippen molar-refractivity contribution in [2.45, 2.75) is 30.4 Å². The third kappa shape index (κ3) is 8.25. The van der Waals surface area contributed by atoms with Crippen LogP contribution in [0.25, 0.3) is 11.0 Å². The van der Waals surface area contributed by atoms with Gasteiger partial charge in [-0.25, -0.2) is 4.98 Å². The fourth-order valence-corrected chi connectivity index (χ4v) is 3.42. The summed E-state index contributed by atoms with van der Waals surface area (Å²) in [7, 11) is -1.51. The summed E-state index contributed by atoms with van der Waals surface area (Å²) in [6.45, 7) is 0.390. The third-order valence-corrected chi connectivity index (χ3v) is 4.98. The van der Waals surface area contributed by atoms with Crippen LogP contribution in [0.15, 0.2) is 41.7 Å². The first kappa shape index (κ1) is 26.5. The first-order valence-electron chi connectivity index (χ1n) is 8.94. The number of ether oxygens (including phenoxy) is 1. The number of nitrogens with zero attached hydrogens (tertiary/aromatic N) is 2. The quantitative estimate of drug-likeness (QED) is 0.490. The second kappa shape index (κ2) is 12.3. The number of pyridine rings is 1. The number of H-pyrrole nitrogens is 1. The van der Waals surface area contributed by atoms with Crippen molar-refractivity contribution in [3.05, 3.63) is 47.8 Å². The van der Waals surface area contributed by atoms with E-state index in [0.29, 0.717) is 28.4 Å². The predicted octanol–water partition coefficient (Wildman–Crippen LogP) is 2.05. The Hall–Kier alpha value is -2.54. The molecule has 0 amide bonds. The monoisotopic (exact) mass is 463 g/mol. The van der Waals surface area contributed by atoms with Gasteiger partial charge in [0.1, 0.15) is 5.75 Å². The Bertz CT molecular complexity index is 947. The number of benzene rings is 1. The Morgan fingerprint density at radius 2 is 1.84 bits per heavy atom. The zero-order chi connectivity index (χ0) is 22.1. The first-order valence-corrected chi connectivity index (χ1v) is 10.3. The molecule has 31 heavy (non-hydrogen) atoms. The van der Waals surface area contributed by atoms with Crippen molar-refractivity contribution in [2.75, 3.05) is 19.8 Å². The van der Waals surface area contributed by atoms with Gasteiger partial charge < -0.3 is 25.4 Å². The lowest BCUT2D eigenvalue weighted by atomic mass is 10.2. The lowest BCUT2D eigenvalue weighted by molar-refractivity contribution is -0.153. The number of rotatable bonds is 7. The van der Waals surface area contributed by atoms with Crippen LogP contribution in [0, 0.1) is 6.92 Å². The Kier molecular flexibility index (Phi) is 10.6. The lowest BCUT2D eigenvalue weighted by Gasteiger charge is -2.13. The molecule has 0 saturated heterocycles. The van der Waals surface area contributed by atoms with Crippen LogP contribution < -0.4 is 4.74 Å². The standard InChI is InChI=1S/C16H14F3N3O2S.C3H8O2.H2O/c1-10-13(20-7-6-14(10)24-9-16(17,18)19)8-25(23)15-21-11-4-2-3-5-12(11)22-15;4-2-1-3-5;/h2-7H,8-9H2,1H3,(H,21,22);4-5H,1-3H2;1H2/t25-;;/m1../s1. The molecule has 0 fully saturated rings. The molecule has 3 aromatic rings. The maximum Gasteiger partial charge on any atom is 0.422 e. The van der Waals surface area contributed by atoms with E-state index < -0.39 is 23.6 Å². The molecular formula is C19H24F3N3O5S. The van der Waals surface area contributed by atoms with E-state index in [4.69, 9.17) is 14.9 Å². The van der Waals surface area contributed by atoms with E-state index in [2.05, 4.69) is 15.0 Å². The zero-order valence-corrected chi connectivity index (χ0v) is 17.5. The van der Waals surface area contributed by atoms with E-state index in [0.717, 1.165) is 5.52 Å². The van der Waals surface area contributed by atoms with E-state index in [9.17, 15) is 17.4 Å². The van der Waals surface area contributed by atoms with Crippen LogP contribution >= 0.6 is 0 Å². The molecule has 0 aliphatic rings. The molecular weight excluding hydrogens is 439 g/mol. The summed E-state index contributed by atoms with van der Waals surface area (Å²) in [5.74, 6) is 0.0958. The zero-order valence-electron chi connectivity index (χ0n) is 16.6. The van der Waals surface area contributed by atoms with Gasteiger partial charge in [0.05, 0.1) is 33.3 Å². The average Bonchev–Trinajstić information content (AvgIpc) is 3.13. The number of imidazole rings is 1. The molecule has 0 aliphatic carbocycles. The normalized spacial score (nSPS) is 11.9. The lowest BCUT2D eigenvalue weighted by Crippen LogP contribution is -2.19. The molecule has 0 radical (unpaired) electrons. The van der Waals surface area contributed by atoms with Crippen LogP contribution in [0.2, 0.25) is 0 Å².